The number of nitrogens with zero attached hydrogens (tertiary/aromatic N) is 1. The lowest BCUT2D eigenvalue weighted by Gasteiger charge is -2.28. The minimum absolute atomic E-state index is 0.0278. The third kappa shape index (κ3) is 5.26. The van der Waals surface area contributed by atoms with Crippen LogP contribution in [0.3, 0.4) is 0 Å². The second kappa shape index (κ2) is 9.43. The number of phenolic OH excluding ortho intramolecular Hbond substituents is 1. The van der Waals surface area contributed by atoms with E-state index < -0.39 is 18.5 Å². The number of halogens is 2. The van der Waals surface area contributed by atoms with Crippen molar-refractivity contribution in [1.82, 2.24) is 0 Å². The molecule has 0 radical (unpaired) electrons. The Labute approximate surface area is 180 Å². The third-order valence-corrected chi connectivity index (χ3v) is 5.52. The van der Waals surface area contributed by atoms with E-state index >= 15 is 0 Å². The van der Waals surface area contributed by atoms with Gasteiger partial charge in [0.25, 0.3) is 5.91 Å². The molecule has 1 fully saturated rings. The lowest BCUT2D eigenvalue weighted by molar-refractivity contribution is -0.119. The lowest BCUT2D eigenvalue weighted by Crippen LogP contribution is -2.29. The number of benzene rings is 2. The normalized spacial score (nSPS) is 13.9. The average molecular weight is 512 g/mol. The van der Waals surface area contributed by atoms with Crippen molar-refractivity contribution < 1.29 is 19.4 Å². The van der Waals surface area contributed by atoms with Crippen LogP contribution in [-0.2, 0) is 9.53 Å². The second-order valence-corrected chi connectivity index (χ2v) is 8.27. The molecule has 148 valence electrons. The van der Waals surface area contributed by atoms with E-state index in [1.807, 2.05) is 24.3 Å². The Morgan fingerprint density at radius 3 is 2.43 bits per heavy atom. The summed E-state index contributed by atoms with van der Waals surface area (Å²) in [5, 5.41) is 12.7. The van der Waals surface area contributed by atoms with Gasteiger partial charge in [-0.2, -0.15) is 0 Å². The molecule has 0 aliphatic carbocycles. The smallest absolute Gasteiger partial charge is 0.342 e. The predicted molar refractivity (Wildman–Crippen MR) is 115 cm³/mol. The van der Waals surface area contributed by atoms with E-state index in [9.17, 15) is 14.7 Å². The van der Waals surface area contributed by atoms with Gasteiger partial charge in [-0.1, -0.05) is 15.9 Å². The number of amides is 1. The van der Waals surface area contributed by atoms with Gasteiger partial charge in [0.05, 0.1) is 4.47 Å². The van der Waals surface area contributed by atoms with Crippen LogP contribution in [0.25, 0.3) is 0 Å². The molecule has 28 heavy (non-hydrogen) atoms. The molecule has 1 heterocycles. The summed E-state index contributed by atoms with van der Waals surface area (Å²) in [6, 6.07) is 10.7. The maximum atomic E-state index is 12.1. The van der Waals surface area contributed by atoms with Crippen molar-refractivity contribution in [2.75, 3.05) is 29.9 Å². The zero-order chi connectivity index (χ0) is 20.1. The number of rotatable bonds is 5. The fourth-order valence-corrected chi connectivity index (χ4v) is 4.26. The monoisotopic (exact) mass is 510 g/mol. The van der Waals surface area contributed by atoms with Crippen LogP contribution in [-0.4, -0.2) is 36.7 Å². The zero-order valence-electron chi connectivity index (χ0n) is 15.1. The summed E-state index contributed by atoms with van der Waals surface area (Å²) in [5.41, 5.74) is 1.75. The first kappa shape index (κ1) is 20.7. The number of carbonyl (C=O) groups excluding carboxylic acids is 2. The highest BCUT2D eigenvalue weighted by Gasteiger charge is 2.18. The summed E-state index contributed by atoms with van der Waals surface area (Å²) in [7, 11) is 0. The quantitative estimate of drug-likeness (QED) is 0.568. The Bertz CT molecular complexity index is 865. The largest absolute Gasteiger partial charge is 0.506 e. The Morgan fingerprint density at radius 2 is 1.75 bits per heavy atom. The van der Waals surface area contributed by atoms with Crippen LogP contribution in [0.2, 0.25) is 0 Å². The Hall–Kier alpha value is -2.06. The molecule has 1 amide bonds. The van der Waals surface area contributed by atoms with E-state index in [1.54, 1.807) is 6.07 Å². The number of nitrogens with one attached hydrogen (secondary N) is 1. The van der Waals surface area contributed by atoms with Crippen molar-refractivity contribution in [1.29, 1.82) is 0 Å². The lowest BCUT2D eigenvalue weighted by atomic mass is 10.1. The average Bonchev–Trinajstić information content (AvgIpc) is 2.70. The summed E-state index contributed by atoms with van der Waals surface area (Å²) < 4.78 is 5.96. The van der Waals surface area contributed by atoms with E-state index in [1.165, 1.54) is 25.3 Å². The van der Waals surface area contributed by atoms with Gasteiger partial charge < -0.3 is 20.1 Å². The van der Waals surface area contributed by atoms with Gasteiger partial charge in [0.15, 0.2) is 6.61 Å². The van der Waals surface area contributed by atoms with Crippen LogP contribution in [0.15, 0.2) is 45.3 Å². The van der Waals surface area contributed by atoms with Crippen LogP contribution >= 0.6 is 31.9 Å². The highest BCUT2D eigenvalue weighted by molar-refractivity contribution is 9.11. The third-order valence-electron chi connectivity index (χ3n) is 4.45. The van der Waals surface area contributed by atoms with Gasteiger partial charge in [-0.05, 0) is 71.6 Å². The number of hydrogen-bond donors (Lipinski definition) is 2. The van der Waals surface area contributed by atoms with Gasteiger partial charge in [-0.25, -0.2) is 4.79 Å². The molecule has 1 saturated heterocycles. The zero-order valence-corrected chi connectivity index (χ0v) is 18.3. The van der Waals surface area contributed by atoms with Crippen molar-refractivity contribution >= 4 is 55.1 Å². The number of piperidine rings is 1. The molecule has 0 bridgehead atoms. The van der Waals surface area contributed by atoms with Crippen molar-refractivity contribution in [3.8, 4) is 5.75 Å². The van der Waals surface area contributed by atoms with Crippen LogP contribution < -0.4 is 10.2 Å². The molecule has 0 saturated carbocycles. The first-order chi connectivity index (χ1) is 13.4. The summed E-state index contributed by atoms with van der Waals surface area (Å²) >= 11 is 6.40. The fourth-order valence-electron chi connectivity index (χ4n) is 3.04. The standard InChI is InChI=1S/C20H20Br2N2O4/c21-13-10-16(19(26)17(22)11-13)20(27)28-12-18(25)23-14-4-6-15(7-5-14)24-8-2-1-3-9-24/h4-7,10-11,26H,1-3,8-9,12H2,(H,23,25). The van der Waals surface area contributed by atoms with Gasteiger partial charge in [0.2, 0.25) is 0 Å². The minimum Gasteiger partial charge on any atom is -0.506 e. The molecular weight excluding hydrogens is 492 g/mol. The number of phenols is 1. The maximum Gasteiger partial charge on any atom is 0.342 e. The van der Waals surface area contributed by atoms with Crippen molar-refractivity contribution in [2.45, 2.75) is 19.3 Å². The van der Waals surface area contributed by atoms with Crippen LogP contribution in [0.1, 0.15) is 29.6 Å². The summed E-state index contributed by atoms with van der Waals surface area (Å²) in [4.78, 5) is 26.5. The fraction of sp³-hybridized carbons (Fsp3) is 0.300. The number of aromatic hydroxyl groups is 1. The molecule has 8 heteroatoms. The van der Waals surface area contributed by atoms with Gasteiger partial charge in [-0.15, -0.1) is 0 Å². The first-order valence-electron chi connectivity index (χ1n) is 8.94. The molecule has 6 nitrogen and oxygen atoms in total. The molecule has 1 aliphatic rings. The highest BCUT2D eigenvalue weighted by Crippen LogP contribution is 2.32. The van der Waals surface area contributed by atoms with Gasteiger partial charge in [-0.3, -0.25) is 4.79 Å². The number of ether oxygens (including phenoxy) is 1. The Morgan fingerprint density at radius 1 is 1.07 bits per heavy atom. The summed E-state index contributed by atoms with van der Waals surface area (Å²) in [5.74, 6) is -1.47. The van der Waals surface area contributed by atoms with Crippen LogP contribution in [0.5, 0.6) is 5.75 Å². The SMILES string of the molecule is O=C(COC(=O)c1cc(Br)cc(Br)c1O)Nc1ccc(N2CCCCC2)cc1. The van der Waals surface area contributed by atoms with Crippen molar-refractivity contribution in [2.24, 2.45) is 0 Å². The molecule has 0 unspecified atom stereocenters. The predicted octanol–water partition coefficient (Wildman–Crippen LogP) is 4.70. The highest BCUT2D eigenvalue weighted by atomic mass is 79.9. The van der Waals surface area contributed by atoms with E-state index in [4.69, 9.17) is 4.74 Å². The number of anilines is 2. The van der Waals surface area contributed by atoms with E-state index in [-0.39, 0.29) is 11.3 Å². The molecule has 2 aromatic carbocycles. The Balaban J connectivity index is 1.53. The molecule has 0 spiro atoms. The van der Waals surface area contributed by atoms with Crippen molar-refractivity contribution in [3.63, 3.8) is 0 Å². The van der Waals surface area contributed by atoms with E-state index in [0.29, 0.717) is 14.6 Å². The topological polar surface area (TPSA) is 78.9 Å². The van der Waals surface area contributed by atoms with E-state index in [0.717, 1.165) is 18.8 Å². The first-order valence-corrected chi connectivity index (χ1v) is 10.5. The molecule has 0 aromatic heterocycles. The van der Waals surface area contributed by atoms with Gasteiger partial charge in [0.1, 0.15) is 11.3 Å². The summed E-state index contributed by atoms with van der Waals surface area (Å²) in [6.07, 6.45) is 3.68. The molecule has 2 aromatic rings. The second-order valence-electron chi connectivity index (χ2n) is 6.50. The van der Waals surface area contributed by atoms with E-state index in [2.05, 4.69) is 42.1 Å². The van der Waals surface area contributed by atoms with Gasteiger partial charge >= 0.3 is 5.97 Å². The van der Waals surface area contributed by atoms with Crippen LogP contribution in [0.4, 0.5) is 11.4 Å². The minimum atomic E-state index is -0.782. The molecule has 0 atom stereocenters. The van der Waals surface area contributed by atoms with Gasteiger partial charge in [0, 0.05) is 28.9 Å². The number of carbonyl (C=O) groups is 2. The summed E-state index contributed by atoms with van der Waals surface area (Å²) in [6.45, 7) is 1.66. The molecule has 3 rings (SSSR count). The maximum absolute atomic E-state index is 12.1. The number of esters is 1. The number of hydrogen-bond acceptors (Lipinski definition) is 5. The molecule has 2 N–H and O–H groups in total. The van der Waals surface area contributed by atoms with Crippen molar-refractivity contribution in [3.05, 3.63) is 50.9 Å². The molecular formula is C20H20Br2N2O4. The van der Waals surface area contributed by atoms with Crippen LogP contribution in [0, 0.1) is 0 Å². The Kier molecular flexibility index (Phi) is 6.96. The molecule has 1 aliphatic heterocycles.